The molecular weight excluding hydrogens is 391 g/mol. The number of aryl methyl sites for hydroxylation is 1. The molecule has 2 aromatic heterocycles. The number of nitrogens with two attached hydrogens (primary N) is 1. The predicted octanol–water partition coefficient (Wildman–Crippen LogP) is 2.08. The van der Waals surface area contributed by atoms with Crippen LogP contribution in [0.1, 0.15) is 22.5 Å². The van der Waals surface area contributed by atoms with E-state index < -0.39 is 22.8 Å². The van der Waals surface area contributed by atoms with E-state index in [0.29, 0.717) is 35.9 Å². The molecule has 1 aromatic carbocycles. The van der Waals surface area contributed by atoms with E-state index in [1.807, 2.05) is 4.90 Å². The number of aromatic nitrogens is 2. The maximum atomic E-state index is 14.7. The maximum absolute atomic E-state index is 14.7. The van der Waals surface area contributed by atoms with Gasteiger partial charge in [0.15, 0.2) is 5.82 Å². The highest BCUT2D eigenvalue weighted by Crippen LogP contribution is 2.29. The van der Waals surface area contributed by atoms with E-state index in [4.69, 9.17) is 10.3 Å². The number of aromatic carboxylic acids is 1. The highest BCUT2D eigenvalue weighted by molar-refractivity contribution is 5.94. The van der Waals surface area contributed by atoms with Gasteiger partial charge in [0.05, 0.1) is 16.6 Å². The molecule has 3 heterocycles. The minimum atomic E-state index is -1.40. The van der Waals surface area contributed by atoms with Crippen molar-refractivity contribution in [2.75, 3.05) is 18.0 Å². The Kier molecular flexibility index (Phi) is 5.14. The third-order valence-corrected chi connectivity index (χ3v) is 4.73. The van der Waals surface area contributed by atoms with Crippen LogP contribution >= 0.6 is 12.4 Å². The van der Waals surface area contributed by atoms with Crippen molar-refractivity contribution in [2.45, 2.75) is 19.4 Å². The molecule has 3 aromatic rings. The first-order valence-electron chi connectivity index (χ1n) is 8.41. The molecule has 0 aliphatic carbocycles. The summed E-state index contributed by atoms with van der Waals surface area (Å²) in [4.78, 5) is 25.8. The maximum Gasteiger partial charge on any atom is 0.341 e. The Morgan fingerprint density at radius 2 is 2.14 bits per heavy atom. The zero-order valence-electron chi connectivity index (χ0n) is 14.9. The highest BCUT2D eigenvalue weighted by Gasteiger charge is 2.24. The van der Waals surface area contributed by atoms with Crippen LogP contribution in [-0.4, -0.2) is 39.9 Å². The van der Waals surface area contributed by atoms with Crippen LogP contribution in [0.3, 0.4) is 0 Å². The fourth-order valence-corrected chi connectivity index (χ4v) is 3.39. The molecule has 3 N–H and O–H groups in total. The summed E-state index contributed by atoms with van der Waals surface area (Å²) < 4.78 is 21.2. The van der Waals surface area contributed by atoms with Gasteiger partial charge in [-0.15, -0.1) is 12.4 Å². The Morgan fingerprint density at radius 3 is 2.71 bits per heavy atom. The van der Waals surface area contributed by atoms with Crippen LogP contribution in [0.5, 0.6) is 0 Å². The molecule has 0 saturated carbocycles. The predicted molar refractivity (Wildman–Crippen MR) is 103 cm³/mol. The second kappa shape index (κ2) is 7.25. The number of rotatable bonds is 3. The van der Waals surface area contributed by atoms with Gasteiger partial charge in [0.25, 0.3) is 0 Å². The number of benzene rings is 1. The Labute approximate surface area is 164 Å². The van der Waals surface area contributed by atoms with Crippen LogP contribution in [0.2, 0.25) is 0 Å². The van der Waals surface area contributed by atoms with E-state index in [0.717, 1.165) is 12.5 Å². The lowest BCUT2D eigenvalue weighted by Gasteiger charge is -2.20. The van der Waals surface area contributed by atoms with Crippen molar-refractivity contribution >= 4 is 35.0 Å². The number of anilines is 1. The number of hydrogen-bond acceptors (Lipinski definition) is 6. The van der Waals surface area contributed by atoms with Crippen LogP contribution in [0.4, 0.5) is 10.1 Å². The average molecular weight is 409 g/mol. The Morgan fingerprint density at radius 1 is 1.39 bits per heavy atom. The van der Waals surface area contributed by atoms with Gasteiger partial charge in [-0.05, 0) is 25.5 Å². The van der Waals surface area contributed by atoms with Gasteiger partial charge in [0.2, 0.25) is 5.43 Å². The monoisotopic (exact) mass is 408 g/mol. The Bertz CT molecular complexity index is 1130. The zero-order valence-corrected chi connectivity index (χ0v) is 15.7. The molecule has 1 unspecified atom stereocenters. The second-order valence-corrected chi connectivity index (χ2v) is 6.66. The van der Waals surface area contributed by atoms with E-state index in [1.54, 1.807) is 13.0 Å². The third-order valence-electron chi connectivity index (χ3n) is 4.73. The first kappa shape index (κ1) is 19.8. The highest BCUT2D eigenvalue weighted by atomic mass is 35.5. The molecule has 1 aliphatic heterocycles. The summed E-state index contributed by atoms with van der Waals surface area (Å²) in [6.45, 7) is 2.79. The molecule has 1 fully saturated rings. The van der Waals surface area contributed by atoms with Gasteiger partial charge >= 0.3 is 5.97 Å². The molecule has 0 radical (unpaired) electrons. The van der Waals surface area contributed by atoms with Crippen LogP contribution in [0, 0.1) is 12.7 Å². The molecule has 0 spiro atoms. The van der Waals surface area contributed by atoms with Crippen molar-refractivity contribution in [2.24, 2.45) is 5.73 Å². The van der Waals surface area contributed by atoms with E-state index >= 15 is 0 Å². The molecule has 1 saturated heterocycles. The van der Waals surface area contributed by atoms with Gasteiger partial charge in [-0.2, -0.15) is 0 Å². The number of carboxylic acids is 1. The fraction of sp³-hybridized carbons (Fsp3) is 0.278. The van der Waals surface area contributed by atoms with Gasteiger partial charge in [0, 0.05) is 31.4 Å². The molecule has 0 amide bonds. The number of nitrogens with zero attached hydrogens (tertiary/aromatic N) is 3. The van der Waals surface area contributed by atoms with Gasteiger partial charge in [-0.1, -0.05) is 5.16 Å². The Hall–Kier alpha value is -2.91. The summed E-state index contributed by atoms with van der Waals surface area (Å²) in [5, 5.41) is 13.2. The van der Waals surface area contributed by atoms with Crippen molar-refractivity contribution < 1.29 is 18.8 Å². The molecule has 4 rings (SSSR count). The van der Waals surface area contributed by atoms with Crippen molar-refractivity contribution in [3.63, 3.8) is 0 Å². The number of pyridine rings is 1. The first-order chi connectivity index (χ1) is 12.8. The van der Waals surface area contributed by atoms with Gasteiger partial charge in [-0.25, -0.2) is 9.18 Å². The van der Waals surface area contributed by atoms with Crippen LogP contribution < -0.4 is 16.1 Å². The average Bonchev–Trinajstić information content (AvgIpc) is 3.23. The molecule has 0 bridgehead atoms. The lowest BCUT2D eigenvalue weighted by molar-refractivity contribution is 0.0695. The van der Waals surface area contributed by atoms with E-state index in [-0.39, 0.29) is 23.8 Å². The Balaban J connectivity index is 0.00000225. The van der Waals surface area contributed by atoms with E-state index in [9.17, 15) is 19.1 Å². The standard InChI is InChI=1S/C18H17FN4O4.ClH/c1-9-4-16(21-27-9)23-8-12(18(25)26)17(24)11-5-13(19)15(6-14(11)23)22-3-2-10(20)7-22;/h4-6,8,10H,2-3,7,20H2,1H3,(H,25,26);1H. The molecule has 1 atom stereocenters. The molecule has 10 heteroatoms. The zero-order chi connectivity index (χ0) is 19.3. The van der Waals surface area contributed by atoms with Crippen molar-refractivity contribution in [1.82, 2.24) is 9.72 Å². The van der Waals surface area contributed by atoms with Gasteiger partial charge < -0.3 is 20.3 Å². The fourth-order valence-electron chi connectivity index (χ4n) is 3.39. The van der Waals surface area contributed by atoms with Crippen molar-refractivity contribution in [3.8, 4) is 5.82 Å². The van der Waals surface area contributed by atoms with E-state index in [1.165, 1.54) is 16.8 Å². The number of carbonyl (C=O) groups is 1. The number of halogens is 2. The van der Waals surface area contributed by atoms with Crippen molar-refractivity contribution in [3.05, 3.63) is 51.8 Å². The number of hydrogen-bond donors (Lipinski definition) is 2. The summed E-state index contributed by atoms with van der Waals surface area (Å²) in [5.41, 5.74) is 5.35. The summed E-state index contributed by atoms with van der Waals surface area (Å²) >= 11 is 0. The molecular formula is C18H18ClFN4O4. The second-order valence-electron chi connectivity index (χ2n) is 6.66. The summed E-state index contributed by atoms with van der Waals surface area (Å²) in [5.74, 6) is -1.18. The third kappa shape index (κ3) is 3.23. The molecule has 28 heavy (non-hydrogen) atoms. The lowest BCUT2D eigenvalue weighted by atomic mass is 10.1. The first-order valence-corrected chi connectivity index (χ1v) is 8.41. The smallest absolute Gasteiger partial charge is 0.341 e. The quantitative estimate of drug-likeness (QED) is 0.681. The van der Waals surface area contributed by atoms with Gasteiger partial charge in [-0.3, -0.25) is 9.36 Å². The largest absolute Gasteiger partial charge is 0.477 e. The molecule has 1 aliphatic rings. The normalized spacial score (nSPS) is 16.4. The summed E-state index contributed by atoms with van der Waals surface area (Å²) in [7, 11) is 0. The van der Waals surface area contributed by atoms with Gasteiger partial charge in [0.1, 0.15) is 17.1 Å². The topological polar surface area (TPSA) is 115 Å². The van der Waals surface area contributed by atoms with Crippen LogP contribution in [-0.2, 0) is 0 Å². The summed E-state index contributed by atoms with van der Waals surface area (Å²) in [6.07, 6.45) is 1.92. The summed E-state index contributed by atoms with van der Waals surface area (Å²) in [6, 6.07) is 4.16. The minimum absolute atomic E-state index is 0. The molecule has 8 nitrogen and oxygen atoms in total. The number of fused-ring (bicyclic) bond motifs is 1. The van der Waals surface area contributed by atoms with Crippen molar-refractivity contribution in [1.29, 1.82) is 0 Å². The lowest BCUT2D eigenvalue weighted by Crippen LogP contribution is -2.27. The van der Waals surface area contributed by atoms with Crippen LogP contribution in [0.15, 0.2) is 33.7 Å². The SMILES string of the molecule is Cc1cc(-n2cc(C(=O)O)c(=O)c3cc(F)c(N4CCC(N)C4)cc32)no1.Cl. The number of carboxylic acid groups (broad SMARTS) is 1. The molecule has 148 valence electrons. The van der Waals surface area contributed by atoms with Crippen LogP contribution in [0.25, 0.3) is 16.7 Å². The van der Waals surface area contributed by atoms with E-state index in [2.05, 4.69) is 5.16 Å². The minimum Gasteiger partial charge on any atom is -0.477 e.